The molecule has 0 amide bonds. The number of fused-ring (bicyclic) bond motifs is 6. The highest BCUT2D eigenvalue weighted by Crippen LogP contribution is 2.44. The van der Waals surface area contributed by atoms with Gasteiger partial charge in [0.2, 0.25) is 0 Å². The lowest BCUT2D eigenvalue weighted by molar-refractivity contribution is 0.670. The number of furan rings is 1. The fraction of sp³-hybridized carbons (Fsp3) is 0. The second-order valence-electron chi connectivity index (χ2n) is 11.0. The second-order valence-corrected chi connectivity index (χ2v) is 12.0. The van der Waals surface area contributed by atoms with Gasteiger partial charge in [0.1, 0.15) is 11.2 Å². The Labute approximate surface area is 257 Å². The van der Waals surface area contributed by atoms with Crippen LogP contribution in [0.1, 0.15) is 0 Å². The van der Waals surface area contributed by atoms with Crippen LogP contribution in [0.2, 0.25) is 0 Å². The van der Waals surface area contributed by atoms with Crippen LogP contribution in [0.3, 0.4) is 0 Å². The lowest BCUT2D eigenvalue weighted by Gasteiger charge is -2.09. The molecule has 0 atom stereocenters. The van der Waals surface area contributed by atoms with Crippen molar-refractivity contribution in [3.8, 4) is 45.0 Å². The zero-order valence-electron chi connectivity index (χ0n) is 23.6. The van der Waals surface area contributed by atoms with Crippen LogP contribution in [0.25, 0.3) is 87.1 Å². The van der Waals surface area contributed by atoms with Crippen molar-refractivity contribution in [2.24, 2.45) is 0 Å². The van der Waals surface area contributed by atoms with Crippen LogP contribution in [-0.4, -0.2) is 9.97 Å². The Kier molecular flexibility index (Phi) is 5.68. The quantitative estimate of drug-likeness (QED) is 0.208. The molecule has 0 aliphatic carbocycles. The topological polar surface area (TPSA) is 38.9 Å². The summed E-state index contributed by atoms with van der Waals surface area (Å²) in [5, 5.41) is 4.76. The maximum atomic E-state index is 6.42. The maximum Gasteiger partial charge on any atom is 0.160 e. The van der Waals surface area contributed by atoms with E-state index in [1.807, 2.05) is 59.9 Å². The van der Waals surface area contributed by atoms with Crippen molar-refractivity contribution in [3.05, 3.63) is 146 Å². The van der Waals surface area contributed by atoms with Crippen molar-refractivity contribution in [3.63, 3.8) is 0 Å². The van der Waals surface area contributed by atoms with E-state index in [-0.39, 0.29) is 0 Å². The molecule has 0 fully saturated rings. The van der Waals surface area contributed by atoms with Crippen molar-refractivity contribution < 1.29 is 4.42 Å². The highest BCUT2D eigenvalue weighted by atomic mass is 32.1. The number of nitrogens with zero attached hydrogens (tertiary/aromatic N) is 2. The molecular formula is C40H24N2OS. The molecule has 0 saturated carbocycles. The van der Waals surface area contributed by atoms with Gasteiger partial charge in [-0.25, -0.2) is 9.97 Å². The fourth-order valence-corrected chi connectivity index (χ4v) is 7.47. The van der Waals surface area contributed by atoms with Crippen LogP contribution in [0.15, 0.2) is 150 Å². The molecule has 0 bridgehead atoms. The molecular weight excluding hydrogens is 557 g/mol. The van der Waals surface area contributed by atoms with Crippen LogP contribution in [-0.2, 0) is 0 Å². The average Bonchev–Trinajstić information content (AvgIpc) is 3.67. The second kappa shape index (κ2) is 10.0. The molecule has 0 aliphatic rings. The van der Waals surface area contributed by atoms with Crippen molar-refractivity contribution in [2.75, 3.05) is 0 Å². The van der Waals surface area contributed by atoms with Crippen LogP contribution < -0.4 is 0 Å². The minimum atomic E-state index is 0.719. The normalized spacial score (nSPS) is 11.6. The predicted molar refractivity (Wildman–Crippen MR) is 184 cm³/mol. The Morgan fingerprint density at radius 3 is 1.84 bits per heavy atom. The molecule has 6 aromatic carbocycles. The third kappa shape index (κ3) is 4.03. The number of rotatable bonds is 4. The summed E-state index contributed by atoms with van der Waals surface area (Å²) in [5.74, 6) is 0.719. The minimum absolute atomic E-state index is 0.719. The molecule has 0 radical (unpaired) electrons. The van der Waals surface area contributed by atoms with Gasteiger partial charge < -0.3 is 4.42 Å². The molecule has 0 aliphatic heterocycles. The van der Waals surface area contributed by atoms with Gasteiger partial charge in [-0.2, -0.15) is 0 Å². The number of hydrogen-bond acceptors (Lipinski definition) is 4. The molecule has 0 N–H and O–H groups in total. The Morgan fingerprint density at radius 1 is 0.455 bits per heavy atom. The molecule has 206 valence electrons. The van der Waals surface area contributed by atoms with E-state index < -0.39 is 0 Å². The van der Waals surface area contributed by atoms with Gasteiger partial charge in [0.15, 0.2) is 5.82 Å². The Morgan fingerprint density at radius 2 is 1.09 bits per heavy atom. The van der Waals surface area contributed by atoms with Gasteiger partial charge in [-0.05, 0) is 18.2 Å². The monoisotopic (exact) mass is 580 g/mol. The summed E-state index contributed by atoms with van der Waals surface area (Å²) in [6.45, 7) is 0. The van der Waals surface area contributed by atoms with Gasteiger partial charge in [-0.3, -0.25) is 0 Å². The van der Waals surface area contributed by atoms with E-state index >= 15 is 0 Å². The van der Waals surface area contributed by atoms with Crippen LogP contribution in [0.5, 0.6) is 0 Å². The fourth-order valence-electron chi connectivity index (χ4n) is 6.20. The maximum absolute atomic E-state index is 6.42. The van der Waals surface area contributed by atoms with Crippen LogP contribution in [0, 0.1) is 0 Å². The molecule has 0 unspecified atom stereocenters. The largest absolute Gasteiger partial charge is 0.455 e. The van der Waals surface area contributed by atoms with Crippen LogP contribution in [0.4, 0.5) is 0 Å². The number of para-hydroxylation sites is 2. The molecule has 4 heteroatoms. The van der Waals surface area contributed by atoms with Gasteiger partial charge in [-0.1, -0.05) is 127 Å². The Balaban J connectivity index is 1.22. The van der Waals surface area contributed by atoms with Gasteiger partial charge in [0, 0.05) is 58.8 Å². The van der Waals surface area contributed by atoms with Gasteiger partial charge in [0.25, 0.3) is 0 Å². The SMILES string of the molecule is c1ccc(-c2cc(-c3ccccc3)nc(-c3ccc4c(c3)sc3c(-c5cccc6c5oc5ccccc56)cccc34)n2)cc1. The average molecular weight is 581 g/mol. The third-order valence-corrected chi connectivity index (χ3v) is 9.52. The first kappa shape index (κ1) is 25.0. The molecule has 9 aromatic rings. The van der Waals surface area contributed by atoms with E-state index in [2.05, 4.69) is 97.1 Å². The standard InChI is InChI=1S/C40H24N2OS/c1-3-11-25(12-4-1)34-24-35(26-13-5-2-6-14-26)42-40(41-34)27-21-22-29-32-18-10-19-33(39(32)44-37(29)23-27)31-17-9-16-30-28-15-7-8-20-36(28)43-38(30)31/h1-24H. The summed E-state index contributed by atoms with van der Waals surface area (Å²) >= 11 is 1.81. The van der Waals surface area contributed by atoms with Crippen molar-refractivity contribution >= 4 is 53.4 Å². The number of hydrogen-bond donors (Lipinski definition) is 0. The third-order valence-electron chi connectivity index (χ3n) is 8.32. The van der Waals surface area contributed by atoms with Crippen molar-refractivity contribution in [1.29, 1.82) is 0 Å². The molecule has 0 saturated heterocycles. The van der Waals surface area contributed by atoms with Crippen LogP contribution >= 0.6 is 11.3 Å². The summed E-state index contributed by atoms with van der Waals surface area (Å²) in [4.78, 5) is 10.1. The summed E-state index contributed by atoms with van der Waals surface area (Å²) in [6.07, 6.45) is 0. The minimum Gasteiger partial charge on any atom is -0.455 e. The van der Waals surface area contributed by atoms with E-state index in [0.717, 1.165) is 61.4 Å². The molecule has 44 heavy (non-hydrogen) atoms. The van der Waals surface area contributed by atoms with Crippen molar-refractivity contribution in [1.82, 2.24) is 9.97 Å². The number of thiophene rings is 1. The molecule has 3 heterocycles. The van der Waals surface area contributed by atoms with E-state index in [1.54, 1.807) is 0 Å². The molecule has 3 nitrogen and oxygen atoms in total. The van der Waals surface area contributed by atoms with Gasteiger partial charge >= 0.3 is 0 Å². The zero-order valence-corrected chi connectivity index (χ0v) is 24.4. The highest BCUT2D eigenvalue weighted by Gasteiger charge is 2.17. The van der Waals surface area contributed by atoms with E-state index in [1.165, 1.54) is 25.7 Å². The van der Waals surface area contributed by atoms with E-state index in [0.29, 0.717) is 0 Å². The highest BCUT2D eigenvalue weighted by molar-refractivity contribution is 7.26. The smallest absolute Gasteiger partial charge is 0.160 e. The summed E-state index contributed by atoms with van der Waals surface area (Å²) in [6, 6.07) is 50.6. The predicted octanol–water partition coefficient (Wildman–Crippen LogP) is 11.4. The first-order valence-electron chi connectivity index (χ1n) is 14.7. The summed E-state index contributed by atoms with van der Waals surface area (Å²) < 4.78 is 8.87. The van der Waals surface area contributed by atoms with Gasteiger partial charge in [0.05, 0.1) is 11.4 Å². The summed E-state index contributed by atoms with van der Waals surface area (Å²) in [7, 11) is 0. The Hall–Kier alpha value is -5.58. The first-order chi connectivity index (χ1) is 21.8. The Bertz CT molecular complexity index is 2440. The first-order valence-corrected chi connectivity index (χ1v) is 15.5. The summed E-state index contributed by atoms with van der Waals surface area (Å²) in [5.41, 5.74) is 9.10. The van der Waals surface area contributed by atoms with E-state index in [9.17, 15) is 0 Å². The zero-order chi connectivity index (χ0) is 29.0. The number of aromatic nitrogens is 2. The van der Waals surface area contributed by atoms with Crippen molar-refractivity contribution in [2.45, 2.75) is 0 Å². The molecule has 9 rings (SSSR count). The lowest BCUT2D eigenvalue weighted by Crippen LogP contribution is -1.95. The molecule has 0 spiro atoms. The number of benzene rings is 6. The lowest BCUT2D eigenvalue weighted by atomic mass is 10.00. The molecule has 3 aromatic heterocycles. The van der Waals surface area contributed by atoms with Gasteiger partial charge in [-0.15, -0.1) is 11.3 Å². The van der Waals surface area contributed by atoms with E-state index in [4.69, 9.17) is 14.4 Å².